The molecule has 27 heavy (non-hydrogen) atoms. The van der Waals surface area contributed by atoms with Gasteiger partial charge in [-0.15, -0.1) is 0 Å². The molecule has 0 bridgehead atoms. The first-order valence-electron chi connectivity index (χ1n) is 7.60. The van der Waals surface area contributed by atoms with Gasteiger partial charge in [0.15, 0.2) is 12.5 Å². The third-order valence-corrected chi connectivity index (χ3v) is 2.81. The smallest absolute Gasteiger partial charge is 0.416 e. The summed E-state index contributed by atoms with van der Waals surface area (Å²) >= 11 is 0. The second-order valence-electron chi connectivity index (χ2n) is 4.78. The number of benzene rings is 1. The zero-order valence-electron chi connectivity index (χ0n) is 14.2. The Bertz CT molecular complexity index is 716. The van der Waals surface area contributed by atoms with Gasteiger partial charge in [0.1, 0.15) is 12.4 Å². The molecule has 8 nitrogen and oxygen atoms in total. The maximum absolute atomic E-state index is 12.6. The Morgan fingerprint density at radius 2 is 2.11 bits per heavy atom. The molecule has 1 unspecified atom stereocenters. The first kappa shape index (κ1) is 21.8. The van der Waals surface area contributed by atoms with E-state index in [1.807, 2.05) is 5.32 Å². The monoisotopic (exact) mass is 387 g/mol. The average Bonchev–Trinajstić information content (AvgIpc) is 2.60. The topological polar surface area (TPSA) is 110 Å². The molecule has 1 atom stereocenters. The van der Waals surface area contributed by atoms with Crippen LogP contribution in [0.2, 0.25) is 0 Å². The number of hydrogen-bond donors (Lipinski definition) is 1. The second kappa shape index (κ2) is 10.6. The highest BCUT2D eigenvalue weighted by atomic mass is 19.4. The highest BCUT2D eigenvalue weighted by molar-refractivity contribution is 6.02. The maximum Gasteiger partial charge on any atom is 0.416 e. The van der Waals surface area contributed by atoms with Gasteiger partial charge in [0.25, 0.3) is 5.91 Å². The predicted molar refractivity (Wildman–Crippen MR) is 85.7 cm³/mol. The largest absolute Gasteiger partial charge is 0.490 e. The summed E-state index contributed by atoms with van der Waals surface area (Å²) in [6.07, 6.45) is -4.61. The van der Waals surface area contributed by atoms with Crippen molar-refractivity contribution in [2.24, 2.45) is 11.1 Å². The molecule has 146 valence electrons. The van der Waals surface area contributed by atoms with E-state index in [9.17, 15) is 22.8 Å². The Balaban J connectivity index is 2.39. The molecule has 0 aliphatic rings. The summed E-state index contributed by atoms with van der Waals surface area (Å²) in [6, 6.07) is 5.91. The third kappa shape index (κ3) is 8.08. The molecule has 0 spiro atoms. The number of nitriles is 1. The molecular formula is C16H16F3N3O5. The SMILES string of the molecule is CCOC(=O)NC(=O)C(C#N)/C=N\OCCOc1cccc(C(F)(F)F)c1. The van der Waals surface area contributed by atoms with Crippen LogP contribution in [0, 0.1) is 17.2 Å². The summed E-state index contributed by atoms with van der Waals surface area (Å²) in [5, 5.41) is 14.1. The lowest BCUT2D eigenvalue weighted by Crippen LogP contribution is -2.36. The van der Waals surface area contributed by atoms with Gasteiger partial charge in [-0.1, -0.05) is 11.2 Å². The number of nitrogens with one attached hydrogen (secondary N) is 1. The number of alkyl halides is 3. The van der Waals surface area contributed by atoms with Crippen molar-refractivity contribution in [1.29, 1.82) is 5.26 Å². The molecule has 0 saturated carbocycles. The van der Waals surface area contributed by atoms with Crippen LogP contribution in [0.3, 0.4) is 0 Å². The summed E-state index contributed by atoms with van der Waals surface area (Å²) in [7, 11) is 0. The van der Waals surface area contributed by atoms with Gasteiger partial charge in [0, 0.05) is 0 Å². The summed E-state index contributed by atoms with van der Waals surface area (Å²) in [4.78, 5) is 27.4. The summed E-state index contributed by atoms with van der Waals surface area (Å²) in [6.45, 7) is 1.33. The van der Waals surface area contributed by atoms with Crippen molar-refractivity contribution in [3.63, 3.8) is 0 Å². The number of nitrogens with zero attached hydrogens (tertiary/aromatic N) is 2. The minimum atomic E-state index is -4.48. The van der Waals surface area contributed by atoms with E-state index in [1.165, 1.54) is 12.1 Å². The van der Waals surface area contributed by atoms with Crippen molar-refractivity contribution in [3.05, 3.63) is 29.8 Å². The van der Waals surface area contributed by atoms with Crippen LogP contribution in [0.5, 0.6) is 5.75 Å². The minimum absolute atomic E-state index is 0.00104. The van der Waals surface area contributed by atoms with Crippen molar-refractivity contribution in [3.8, 4) is 11.8 Å². The molecule has 0 aliphatic carbocycles. The van der Waals surface area contributed by atoms with E-state index in [0.717, 1.165) is 18.3 Å². The van der Waals surface area contributed by atoms with Crippen molar-refractivity contribution >= 4 is 18.2 Å². The maximum atomic E-state index is 12.6. The Morgan fingerprint density at radius 3 is 2.74 bits per heavy atom. The number of hydrogen-bond acceptors (Lipinski definition) is 7. The van der Waals surface area contributed by atoms with Crippen LogP contribution in [-0.2, 0) is 20.5 Å². The fourth-order valence-corrected chi connectivity index (χ4v) is 1.62. The molecule has 11 heteroatoms. The molecule has 0 fully saturated rings. The number of carbonyl (C=O) groups is 2. The number of imide groups is 1. The first-order valence-corrected chi connectivity index (χ1v) is 7.60. The minimum Gasteiger partial charge on any atom is -0.490 e. The number of carbonyl (C=O) groups excluding carboxylic acids is 2. The lowest BCUT2D eigenvalue weighted by molar-refractivity contribution is -0.137. The number of halogens is 3. The molecule has 2 amide bonds. The van der Waals surface area contributed by atoms with Gasteiger partial charge in [0.2, 0.25) is 0 Å². The van der Waals surface area contributed by atoms with Crippen molar-refractivity contribution < 1.29 is 37.1 Å². The van der Waals surface area contributed by atoms with Crippen LogP contribution >= 0.6 is 0 Å². The van der Waals surface area contributed by atoms with E-state index in [-0.39, 0.29) is 25.6 Å². The Labute approximate surface area is 152 Å². The Morgan fingerprint density at radius 1 is 1.37 bits per heavy atom. The standard InChI is InChI=1S/C16H16F3N3O5/c1-2-25-15(24)22-14(23)11(9-20)10-21-27-7-6-26-13-5-3-4-12(8-13)16(17,18)19/h3-5,8,10-11H,2,6-7H2,1H3,(H,22,23,24)/b21-10-. The van der Waals surface area contributed by atoms with E-state index in [2.05, 4.69) is 9.89 Å². The van der Waals surface area contributed by atoms with Crippen molar-refractivity contribution in [2.75, 3.05) is 19.8 Å². The van der Waals surface area contributed by atoms with Gasteiger partial charge in [-0.05, 0) is 25.1 Å². The molecule has 0 aliphatic heterocycles. The first-order chi connectivity index (χ1) is 12.8. The molecule has 0 heterocycles. The van der Waals surface area contributed by atoms with Gasteiger partial charge in [-0.25, -0.2) is 4.79 Å². The van der Waals surface area contributed by atoms with Crippen LogP contribution in [0.1, 0.15) is 12.5 Å². The lowest BCUT2D eigenvalue weighted by atomic mass is 10.2. The molecule has 1 aromatic rings. The second-order valence-corrected chi connectivity index (χ2v) is 4.78. The number of ether oxygens (including phenoxy) is 2. The van der Waals surface area contributed by atoms with Gasteiger partial charge in [0.05, 0.1) is 24.5 Å². The van der Waals surface area contributed by atoms with Gasteiger partial charge >= 0.3 is 12.3 Å². The lowest BCUT2D eigenvalue weighted by Gasteiger charge is -2.09. The molecule has 1 rings (SSSR count). The zero-order chi connectivity index (χ0) is 20.3. The number of rotatable bonds is 8. The van der Waals surface area contributed by atoms with E-state index in [4.69, 9.17) is 14.8 Å². The van der Waals surface area contributed by atoms with E-state index < -0.39 is 29.7 Å². The quantitative estimate of drug-likeness (QED) is 0.417. The van der Waals surface area contributed by atoms with Crippen LogP contribution in [-0.4, -0.2) is 38.0 Å². The van der Waals surface area contributed by atoms with Crippen LogP contribution in [0.4, 0.5) is 18.0 Å². The van der Waals surface area contributed by atoms with E-state index >= 15 is 0 Å². The average molecular weight is 387 g/mol. The zero-order valence-corrected chi connectivity index (χ0v) is 14.2. The molecule has 1 aromatic carbocycles. The fraction of sp³-hybridized carbons (Fsp3) is 0.375. The molecule has 0 saturated heterocycles. The van der Waals surface area contributed by atoms with Crippen LogP contribution < -0.4 is 10.1 Å². The van der Waals surface area contributed by atoms with Crippen LogP contribution in [0.25, 0.3) is 0 Å². The fourth-order valence-electron chi connectivity index (χ4n) is 1.62. The number of amides is 2. The van der Waals surface area contributed by atoms with Crippen molar-refractivity contribution in [1.82, 2.24) is 5.32 Å². The number of alkyl carbamates (subject to hydrolysis) is 1. The summed E-state index contributed by atoms with van der Waals surface area (Å²) in [5.41, 5.74) is -0.844. The number of oxime groups is 1. The normalized spacial score (nSPS) is 12.1. The highest BCUT2D eigenvalue weighted by Crippen LogP contribution is 2.31. The molecule has 0 aromatic heterocycles. The predicted octanol–water partition coefficient (Wildman–Crippen LogP) is 2.50. The highest BCUT2D eigenvalue weighted by Gasteiger charge is 2.30. The molecular weight excluding hydrogens is 371 g/mol. The van der Waals surface area contributed by atoms with Gasteiger partial charge < -0.3 is 14.3 Å². The third-order valence-electron chi connectivity index (χ3n) is 2.81. The summed E-state index contributed by atoms with van der Waals surface area (Å²) < 4.78 is 47.3. The molecule has 0 radical (unpaired) electrons. The van der Waals surface area contributed by atoms with Crippen LogP contribution in [0.15, 0.2) is 29.4 Å². The van der Waals surface area contributed by atoms with E-state index in [1.54, 1.807) is 13.0 Å². The Hall–Kier alpha value is -3.29. The Kier molecular flexibility index (Phi) is 8.58. The van der Waals surface area contributed by atoms with Crippen molar-refractivity contribution in [2.45, 2.75) is 13.1 Å². The van der Waals surface area contributed by atoms with Gasteiger partial charge in [-0.2, -0.15) is 18.4 Å². The van der Waals surface area contributed by atoms with Gasteiger partial charge in [-0.3, -0.25) is 10.1 Å². The van der Waals surface area contributed by atoms with E-state index in [0.29, 0.717) is 0 Å². The summed E-state index contributed by atoms with van der Waals surface area (Å²) in [5.74, 6) is -2.33. The molecule has 1 N–H and O–H groups in total.